The van der Waals surface area contributed by atoms with E-state index in [0.717, 1.165) is 16.3 Å². The fraction of sp³-hybridized carbons (Fsp3) is 0. The molecular weight excluding hydrogens is 258 g/mol. The summed E-state index contributed by atoms with van der Waals surface area (Å²) in [4.78, 5) is 12.1. The summed E-state index contributed by atoms with van der Waals surface area (Å²) in [5.74, 6) is -0.104. The second-order valence-corrected chi connectivity index (χ2v) is 4.78. The van der Waals surface area contributed by atoms with E-state index in [9.17, 15) is 4.79 Å². The summed E-state index contributed by atoms with van der Waals surface area (Å²) in [6.07, 6.45) is 3.55. The van der Waals surface area contributed by atoms with E-state index in [1.807, 2.05) is 78.9 Å². The van der Waals surface area contributed by atoms with Gasteiger partial charge in [-0.3, -0.25) is 4.79 Å². The van der Waals surface area contributed by atoms with Crippen molar-refractivity contribution in [1.29, 1.82) is 0 Å². The average Bonchev–Trinajstić information content (AvgIpc) is 2.55. The molecule has 21 heavy (non-hydrogen) atoms. The number of carbonyl (C=O) groups is 1. The average molecular weight is 273 g/mol. The molecule has 0 bridgehead atoms. The lowest BCUT2D eigenvalue weighted by atomic mass is 10.1. The van der Waals surface area contributed by atoms with Crippen LogP contribution in [0.4, 0.5) is 0 Å². The monoisotopic (exact) mass is 273 g/mol. The number of hydrogen-bond donors (Lipinski definition) is 1. The minimum Gasteiger partial charge on any atom is -0.329 e. The lowest BCUT2D eigenvalue weighted by molar-refractivity contribution is 0.0970. The van der Waals surface area contributed by atoms with Crippen LogP contribution in [0.2, 0.25) is 0 Å². The second kappa shape index (κ2) is 6.06. The quantitative estimate of drug-likeness (QED) is 0.759. The van der Waals surface area contributed by atoms with Crippen molar-refractivity contribution in [3.8, 4) is 0 Å². The van der Waals surface area contributed by atoms with Crippen molar-refractivity contribution in [2.24, 2.45) is 0 Å². The molecule has 0 saturated carbocycles. The van der Waals surface area contributed by atoms with E-state index in [2.05, 4.69) is 5.32 Å². The summed E-state index contributed by atoms with van der Waals surface area (Å²) in [6.45, 7) is 0. The van der Waals surface area contributed by atoms with Crippen molar-refractivity contribution in [2.45, 2.75) is 0 Å². The number of benzene rings is 3. The van der Waals surface area contributed by atoms with E-state index < -0.39 is 0 Å². The minimum absolute atomic E-state index is 0.104. The van der Waals surface area contributed by atoms with Gasteiger partial charge in [-0.05, 0) is 34.5 Å². The zero-order valence-corrected chi connectivity index (χ0v) is 11.5. The smallest absolute Gasteiger partial charge is 0.255 e. The van der Waals surface area contributed by atoms with Gasteiger partial charge in [0.2, 0.25) is 0 Å². The predicted octanol–water partition coefficient (Wildman–Crippen LogP) is 4.24. The van der Waals surface area contributed by atoms with E-state index in [1.54, 1.807) is 6.20 Å². The summed E-state index contributed by atoms with van der Waals surface area (Å²) in [7, 11) is 0. The van der Waals surface area contributed by atoms with Crippen molar-refractivity contribution < 1.29 is 4.79 Å². The van der Waals surface area contributed by atoms with Crippen LogP contribution in [-0.4, -0.2) is 5.91 Å². The summed E-state index contributed by atoms with van der Waals surface area (Å²) >= 11 is 0. The molecule has 3 aromatic rings. The molecule has 0 spiro atoms. The van der Waals surface area contributed by atoms with Crippen molar-refractivity contribution in [2.75, 3.05) is 0 Å². The third-order valence-corrected chi connectivity index (χ3v) is 3.30. The van der Waals surface area contributed by atoms with Gasteiger partial charge in [-0.1, -0.05) is 60.7 Å². The van der Waals surface area contributed by atoms with Gasteiger partial charge in [0.15, 0.2) is 0 Å². The third kappa shape index (κ3) is 3.18. The molecule has 0 aromatic heterocycles. The molecule has 3 aromatic carbocycles. The Morgan fingerprint density at radius 1 is 0.810 bits per heavy atom. The Morgan fingerprint density at radius 3 is 2.33 bits per heavy atom. The number of rotatable bonds is 3. The van der Waals surface area contributed by atoms with Crippen LogP contribution in [0.3, 0.4) is 0 Å². The van der Waals surface area contributed by atoms with Crippen molar-refractivity contribution in [3.05, 3.63) is 90.1 Å². The zero-order valence-electron chi connectivity index (χ0n) is 11.5. The number of amides is 1. The van der Waals surface area contributed by atoms with Gasteiger partial charge < -0.3 is 5.32 Å². The highest BCUT2D eigenvalue weighted by Gasteiger charge is 2.03. The molecule has 0 aliphatic rings. The number of nitrogens with one attached hydrogen (secondary N) is 1. The molecule has 1 amide bonds. The maximum atomic E-state index is 12.1. The van der Waals surface area contributed by atoms with Gasteiger partial charge in [-0.25, -0.2) is 0 Å². The minimum atomic E-state index is -0.104. The van der Waals surface area contributed by atoms with Crippen molar-refractivity contribution in [1.82, 2.24) is 5.32 Å². The maximum absolute atomic E-state index is 12.1. The maximum Gasteiger partial charge on any atom is 0.255 e. The van der Waals surface area contributed by atoms with Gasteiger partial charge in [0.1, 0.15) is 0 Å². The molecule has 0 atom stereocenters. The lowest BCUT2D eigenvalue weighted by Crippen LogP contribution is -2.16. The highest BCUT2D eigenvalue weighted by Crippen LogP contribution is 2.15. The molecule has 0 saturated heterocycles. The Balaban J connectivity index is 1.73. The van der Waals surface area contributed by atoms with E-state index in [1.165, 1.54) is 0 Å². The molecule has 0 aliphatic carbocycles. The third-order valence-electron chi connectivity index (χ3n) is 3.30. The Morgan fingerprint density at radius 2 is 1.52 bits per heavy atom. The largest absolute Gasteiger partial charge is 0.329 e. The highest BCUT2D eigenvalue weighted by atomic mass is 16.1. The fourth-order valence-electron chi connectivity index (χ4n) is 2.19. The standard InChI is InChI=1S/C19H15NO/c21-19(20-13-12-15-6-2-1-3-7-15)18-11-10-16-8-4-5-9-17(16)14-18/h1-14H,(H,20,21)/b13-12+. The van der Waals surface area contributed by atoms with Crippen molar-refractivity contribution >= 4 is 22.8 Å². The molecule has 0 radical (unpaired) electrons. The van der Waals surface area contributed by atoms with Gasteiger partial charge in [0, 0.05) is 11.8 Å². The van der Waals surface area contributed by atoms with Crippen LogP contribution < -0.4 is 5.32 Å². The Bertz CT molecular complexity index is 791. The summed E-state index contributed by atoms with van der Waals surface area (Å²) in [5.41, 5.74) is 1.71. The zero-order chi connectivity index (χ0) is 14.5. The van der Waals surface area contributed by atoms with Gasteiger partial charge in [0.25, 0.3) is 5.91 Å². The first-order valence-electron chi connectivity index (χ1n) is 6.84. The van der Waals surface area contributed by atoms with Gasteiger partial charge in [0.05, 0.1) is 0 Å². The van der Waals surface area contributed by atoms with Crippen LogP contribution in [0.5, 0.6) is 0 Å². The molecule has 102 valence electrons. The molecular formula is C19H15NO. The number of hydrogen-bond acceptors (Lipinski definition) is 1. The predicted molar refractivity (Wildman–Crippen MR) is 86.9 cm³/mol. The molecule has 2 heteroatoms. The van der Waals surface area contributed by atoms with Gasteiger partial charge in [-0.2, -0.15) is 0 Å². The Labute approximate surface area is 123 Å². The van der Waals surface area contributed by atoms with E-state index in [-0.39, 0.29) is 5.91 Å². The molecule has 0 aliphatic heterocycles. The van der Waals surface area contributed by atoms with Gasteiger partial charge >= 0.3 is 0 Å². The fourth-order valence-corrected chi connectivity index (χ4v) is 2.19. The summed E-state index contributed by atoms with van der Waals surface area (Å²) < 4.78 is 0. The molecule has 1 N–H and O–H groups in total. The molecule has 2 nitrogen and oxygen atoms in total. The summed E-state index contributed by atoms with van der Waals surface area (Å²) in [6, 6.07) is 23.6. The Hall–Kier alpha value is -2.87. The lowest BCUT2D eigenvalue weighted by Gasteiger charge is -2.03. The molecule has 3 rings (SSSR count). The van der Waals surface area contributed by atoms with E-state index in [4.69, 9.17) is 0 Å². The highest BCUT2D eigenvalue weighted by molar-refractivity contribution is 5.99. The van der Waals surface area contributed by atoms with Crippen LogP contribution in [0.15, 0.2) is 79.0 Å². The van der Waals surface area contributed by atoms with Crippen LogP contribution >= 0.6 is 0 Å². The molecule has 0 heterocycles. The summed E-state index contributed by atoms with van der Waals surface area (Å²) in [5, 5.41) is 4.99. The normalized spacial score (nSPS) is 10.9. The first-order chi connectivity index (χ1) is 10.3. The van der Waals surface area contributed by atoms with Crippen LogP contribution in [-0.2, 0) is 0 Å². The topological polar surface area (TPSA) is 29.1 Å². The van der Waals surface area contributed by atoms with Crippen LogP contribution in [0.25, 0.3) is 16.8 Å². The van der Waals surface area contributed by atoms with E-state index >= 15 is 0 Å². The van der Waals surface area contributed by atoms with Gasteiger partial charge in [-0.15, -0.1) is 0 Å². The second-order valence-electron chi connectivity index (χ2n) is 4.78. The Kier molecular flexibility index (Phi) is 3.79. The van der Waals surface area contributed by atoms with Crippen LogP contribution in [0, 0.1) is 0 Å². The first-order valence-corrected chi connectivity index (χ1v) is 6.84. The number of carbonyl (C=O) groups excluding carboxylic acids is 1. The van der Waals surface area contributed by atoms with Crippen LogP contribution in [0.1, 0.15) is 15.9 Å². The molecule has 0 unspecified atom stereocenters. The SMILES string of the molecule is O=C(N/C=C/c1ccccc1)c1ccc2ccccc2c1. The van der Waals surface area contributed by atoms with Crippen molar-refractivity contribution in [3.63, 3.8) is 0 Å². The number of fused-ring (bicyclic) bond motifs is 1. The first kappa shape index (κ1) is 13.1. The van der Waals surface area contributed by atoms with E-state index in [0.29, 0.717) is 5.56 Å². The molecule has 0 fully saturated rings.